The highest BCUT2D eigenvalue weighted by Gasteiger charge is 2.34. The predicted octanol–water partition coefficient (Wildman–Crippen LogP) is 2.55. The average Bonchev–Trinajstić information content (AvgIpc) is 2.95. The van der Waals surface area contributed by atoms with E-state index in [1.54, 1.807) is 0 Å². The van der Waals surface area contributed by atoms with E-state index in [1.165, 1.54) is 18.4 Å². The van der Waals surface area contributed by atoms with Crippen molar-refractivity contribution in [2.75, 3.05) is 11.9 Å². The van der Waals surface area contributed by atoms with Gasteiger partial charge in [0.2, 0.25) is 0 Å². The van der Waals surface area contributed by atoms with Gasteiger partial charge in [-0.3, -0.25) is 0 Å². The van der Waals surface area contributed by atoms with Gasteiger partial charge in [-0.05, 0) is 50.2 Å². The molecule has 0 aromatic carbocycles. The van der Waals surface area contributed by atoms with Crippen molar-refractivity contribution < 1.29 is 5.11 Å². The van der Waals surface area contributed by atoms with Gasteiger partial charge in [-0.25, -0.2) is 4.98 Å². The quantitative estimate of drug-likeness (QED) is 0.886. The van der Waals surface area contributed by atoms with Crippen molar-refractivity contribution in [3.63, 3.8) is 0 Å². The molecular formula is C16H21N3O. The molecular weight excluding hydrogens is 250 g/mol. The Bertz CT molecular complexity index is 541. The largest absolute Gasteiger partial charge is 0.394 e. The molecule has 1 heterocycles. The number of aryl methyl sites for hydroxylation is 2. The minimum atomic E-state index is -0.276. The number of aromatic nitrogens is 1. The molecule has 0 unspecified atom stereocenters. The zero-order valence-corrected chi connectivity index (χ0v) is 11.8. The number of nitriles is 1. The third-order valence-corrected chi connectivity index (χ3v) is 4.67. The van der Waals surface area contributed by atoms with Gasteiger partial charge in [-0.1, -0.05) is 12.8 Å². The Balaban J connectivity index is 1.94. The first-order valence-corrected chi connectivity index (χ1v) is 7.58. The summed E-state index contributed by atoms with van der Waals surface area (Å²) in [5.41, 5.74) is 2.69. The van der Waals surface area contributed by atoms with Crippen LogP contribution in [0.3, 0.4) is 0 Å². The Morgan fingerprint density at radius 2 is 2.00 bits per heavy atom. The third kappa shape index (κ3) is 2.38. The average molecular weight is 271 g/mol. The molecule has 3 rings (SSSR count). The van der Waals surface area contributed by atoms with Crippen molar-refractivity contribution in [2.24, 2.45) is 0 Å². The van der Waals surface area contributed by atoms with E-state index in [1.807, 2.05) is 6.07 Å². The van der Waals surface area contributed by atoms with Gasteiger partial charge in [-0.2, -0.15) is 5.26 Å². The summed E-state index contributed by atoms with van der Waals surface area (Å²) in [6.07, 6.45) is 8.55. The molecule has 0 saturated heterocycles. The Hall–Kier alpha value is -1.60. The van der Waals surface area contributed by atoms with Crippen LogP contribution in [0, 0.1) is 11.3 Å². The van der Waals surface area contributed by atoms with E-state index in [0.717, 1.165) is 44.2 Å². The van der Waals surface area contributed by atoms with E-state index in [4.69, 9.17) is 4.98 Å². The Kier molecular flexibility index (Phi) is 3.62. The molecule has 4 nitrogen and oxygen atoms in total. The number of fused-ring (bicyclic) bond motifs is 1. The summed E-state index contributed by atoms with van der Waals surface area (Å²) in [7, 11) is 0. The fourth-order valence-electron chi connectivity index (χ4n) is 3.44. The first kappa shape index (κ1) is 13.4. The normalized spacial score (nSPS) is 20.2. The van der Waals surface area contributed by atoms with E-state index in [0.29, 0.717) is 11.4 Å². The van der Waals surface area contributed by atoms with E-state index < -0.39 is 0 Å². The van der Waals surface area contributed by atoms with Crippen LogP contribution in [0.1, 0.15) is 55.3 Å². The van der Waals surface area contributed by atoms with E-state index in [-0.39, 0.29) is 12.1 Å². The first-order chi connectivity index (χ1) is 9.76. The molecule has 0 atom stereocenters. The van der Waals surface area contributed by atoms with Gasteiger partial charge < -0.3 is 10.4 Å². The minimum Gasteiger partial charge on any atom is -0.394 e. The SMILES string of the molecule is N#Cc1cc2c(nc1NC1(CO)CCCC1)CCCC2. The van der Waals surface area contributed by atoms with Gasteiger partial charge in [0.15, 0.2) is 0 Å². The number of pyridine rings is 1. The first-order valence-electron chi connectivity index (χ1n) is 7.58. The van der Waals surface area contributed by atoms with Crippen molar-refractivity contribution in [1.29, 1.82) is 5.26 Å². The monoisotopic (exact) mass is 271 g/mol. The topological polar surface area (TPSA) is 68.9 Å². The lowest BCUT2D eigenvalue weighted by Crippen LogP contribution is -2.39. The number of nitrogens with zero attached hydrogens (tertiary/aromatic N) is 2. The fourth-order valence-corrected chi connectivity index (χ4v) is 3.44. The molecule has 1 fully saturated rings. The second-order valence-corrected chi connectivity index (χ2v) is 6.08. The van der Waals surface area contributed by atoms with E-state index >= 15 is 0 Å². The van der Waals surface area contributed by atoms with Crippen LogP contribution in [0.15, 0.2) is 6.07 Å². The predicted molar refractivity (Wildman–Crippen MR) is 77.5 cm³/mol. The van der Waals surface area contributed by atoms with Crippen molar-refractivity contribution in [3.8, 4) is 6.07 Å². The highest BCUT2D eigenvalue weighted by molar-refractivity contribution is 5.56. The van der Waals surface area contributed by atoms with Gasteiger partial charge in [0.1, 0.15) is 11.9 Å². The number of aliphatic hydroxyl groups is 1. The molecule has 0 spiro atoms. The van der Waals surface area contributed by atoms with Gasteiger partial charge in [0, 0.05) is 5.69 Å². The van der Waals surface area contributed by atoms with Gasteiger partial charge >= 0.3 is 0 Å². The Morgan fingerprint density at radius 1 is 1.25 bits per heavy atom. The molecule has 2 N–H and O–H groups in total. The lowest BCUT2D eigenvalue weighted by molar-refractivity contribution is 0.213. The lowest BCUT2D eigenvalue weighted by Gasteiger charge is -2.30. The van der Waals surface area contributed by atoms with Crippen molar-refractivity contribution in [1.82, 2.24) is 4.98 Å². The van der Waals surface area contributed by atoms with Crippen molar-refractivity contribution >= 4 is 5.82 Å². The molecule has 1 aromatic rings. The van der Waals surface area contributed by atoms with Crippen LogP contribution in [-0.2, 0) is 12.8 Å². The number of anilines is 1. The third-order valence-electron chi connectivity index (χ3n) is 4.67. The molecule has 1 aromatic heterocycles. The molecule has 2 aliphatic carbocycles. The van der Waals surface area contributed by atoms with E-state index in [2.05, 4.69) is 11.4 Å². The molecule has 20 heavy (non-hydrogen) atoms. The zero-order chi connectivity index (χ0) is 14.0. The summed E-state index contributed by atoms with van der Waals surface area (Å²) in [5.74, 6) is 0.670. The maximum Gasteiger partial charge on any atom is 0.144 e. The second-order valence-electron chi connectivity index (χ2n) is 6.08. The van der Waals surface area contributed by atoms with Gasteiger partial charge in [0.25, 0.3) is 0 Å². The highest BCUT2D eigenvalue weighted by Crippen LogP contribution is 2.34. The number of rotatable bonds is 3. The summed E-state index contributed by atoms with van der Waals surface area (Å²) in [6.45, 7) is 0.108. The highest BCUT2D eigenvalue weighted by atomic mass is 16.3. The standard InChI is InChI=1S/C16H21N3O/c17-10-13-9-12-5-1-2-6-14(12)18-15(13)19-16(11-20)7-3-4-8-16/h9,20H,1-8,11H2,(H,18,19). The Morgan fingerprint density at radius 3 is 2.70 bits per heavy atom. The van der Waals surface area contributed by atoms with Crippen LogP contribution in [-0.4, -0.2) is 22.2 Å². The molecule has 0 amide bonds. The molecule has 1 saturated carbocycles. The minimum absolute atomic E-state index is 0.108. The number of aliphatic hydroxyl groups excluding tert-OH is 1. The molecule has 106 valence electrons. The summed E-state index contributed by atoms with van der Waals surface area (Å²) in [6, 6.07) is 4.24. The number of nitrogens with one attached hydrogen (secondary N) is 1. The number of hydrogen-bond donors (Lipinski definition) is 2. The Labute approximate surface area is 119 Å². The van der Waals surface area contributed by atoms with Crippen LogP contribution >= 0.6 is 0 Å². The van der Waals surface area contributed by atoms with Crippen LogP contribution in [0.4, 0.5) is 5.82 Å². The van der Waals surface area contributed by atoms with Crippen LogP contribution in [0.25, 0.3) is 0 Å². The van der Waals surface area contributed by atoms with Crippen molar-refractivity contribution in [3.05, 3.63) is 22.9 Å². The van der Waals surface area contributed by atoms with Gasteiger partial charge in [0.05, 0.1) is 17.7 Å². The van der Waals surface area contributed by atoms with Crippen LogP contribution < -0.4 is 5.32 Å². The van der Waals surface area contributed by atoms with Gasteiger partial charge in [-0.15, -0.1) is 0 Å². The fraction of sp³-hybridized carbons (Fsp3) is 0.625. The zero-order valence-electron chi connectivity index (χ0n) is 11.8. The number of hydrogen-bond acceptors (Lipinski definition) is 4. The maximum absolute atomic E-state index is 9.71. The lowest BCUT2D eigenvalue weighted by atomic mass is 9.94. The molecule has 0 radical (unpaired) electrons. The molecule has 2 aliphatic rings. The second kappa shape index (κ2) is 5.41. The van der Waals surface area contributed by atoms with Crippen LogP contribution in [0.2, 0.25) is 0 Å². The molecule has 4 heteroatoms. The summed E-state index contributed by atoms with van der Waals surface area (Å²) in [4.78, 5) is 4.70. The molecule has 0 bridgehead atoms. The maximum atomic E-state index is 9.71. The smallest absolute Gasteiger partial charge is 0.144 e. The summed E-state index contributed by atoms with van der Waals surface area (Å²) in [5, 5.41) is 22.5. The molecule has 0 aliphatic heterocycles. The summed E-state index contributed by atoms with van der Waals surface area (Å²) < 4.78 is 0. The van der Waals surface area contributed by atoms with E-state index in [9.17, 15) is 10.4 Å². The summed E-state index contributed by atoms with van der Waals surface area (Å²) >= 11 is 0. The van der Waals surface area contributed by atoms with Crippen LogP contribution in [0.5, 0.6) is 0 Å². The van der Waals surface area contributed by atoms with Crippen molar-refractivity contribution in [2.45, 2.75) is 56.9 Å².